The Labute approximate surface area is 358 Å². The second kappa shape index (κ2) is 12.9. The number of nitrogens with zero attached hydrogens (tertiary/aromatic N) is 8. The van der Waals surface area contributed by atoms with Crippen molar-refractivity contribution in [3.05, 3.63) is 130 Å². The van der Waals surface area contributed by atoms with Gasteiger partial charge in [-0.05, 0) is 0 Å². The molecule has 0 atom stereocenters. The van der Waals surface area contributed by atoms with Gasteiger partial charge in [-0.2, -0.15) is 0 Å². The normalized spacial score (nSPS) is 14.3. The monoisotopic (exact) mass is 878 g/mol. The van der Waals surface area contributed by atoms with Gasteiger partial charge in [0.25, 0.3) is 0 Å². The molecular formula is C33H14N8Y4-4. The number of aliphatic imine (C=N–C) groups is 4. The van der Waals surface area contributed by atoms with Crippen LogP contribution in [0.3, 0.4) is 0 Å². The van der Waals surface area contributed by atoms with Crippen LogP contribution in [0.4, 0.5) is 11.6 Å². The molecule has 4 aromatic carbocycles. The fourth-order valence-corrected chi connectivity index (χ4v) is 6.04. The predicted octanol–water partition coefficient (Wildman–Crippen LogP) is 4.24. The molecule has 4 radical (unpaired) electrons. The quantitative estimate of drug-likeness (QED) is 0.205. The molecule has 6 heterocycles. The summed E-state index contributed by atoms with van der Waals surface area (Å²) >= 11 is 0. The Bertz CT molecular complexity index is 2300. The molecule has 0 fully saturated rings. The fraction of sp³-hybridized carbons (Fsp3) is 0.0303. The summed E-state index contributed by atoms with van der Waals surface area (Å²) in [7, 11) is 0. The molecule has 2 aromatic heterocycles. The molecule has 6 aromatic rings. The molecule has 0 amide bonds. The number of fused-ring (bicyclic) bond motifs is 14. The number of hydrogen-bond acceptors (Lipinski definition) is 6. The van der Waals surface area contributed by atoms with E-state index >= 15 is 0 Å². The summed E-state index contributed by atoms with van der Waals surface area (Å²) in [5.41, 5.74) is 4.83. The van der Waals surface area contributed by atoms with Crippen molar-refractivity contribution < 1.29 is 131 Å². The van der Waals surface area contributed by atoms with Crippen LogP contribution in [0.5, 0.6) is 0 Å². The zero-order chi connectivity index (χ0) is 26.7. The Morgan fingerprint density at radius 3 is 1.73 bits per heavy atom. The summed E-state index contributed by atoms with van der Waals surface area (Å²) < 4.78 is 4.18. The van der Waals surface area contributed by atoms with Gasteiger partial charge in [0.1, 0.15) is 11.7 Å². The molecular weight excluding hydrogens is 864 g/mol. The average molecular weight is 878 g/mol. The van der Waals surface area contributed by atoms with E-state index < -0.39 is 0 Å². The zero-order valence-electron chi connectivity index (χ0n) is 23.5. The van der Waals surface area contributed by atoms with Gasteiger partial charge in [0.05, 0.1) is 41.0 Å². The van der Waals surface area contributed by atoms with Crippen molar-refractivity contribution in [3.63, 3.8) is 0 Å². The maximum atomic E-state index is 5.17. The Morgan fingerprint density at radius 1 is 0.467 bits per heavy atom. The van der Waals surface area contributed by atoms with Crippen LogP contribution in [0.25, 0.3) is 21.5 Å². The number of aromatic nitrogens is 2. The van der Waals surface area contributed by atoms with Gasteiger partial charge in [0.2, 0.25) is 0 Å². The Hall–Kier alpha value is -1.34. The molecule has 0 N–H and O–H groups in total. The summed E-state index contributed by atoms with van der Waals surface area (Å²) in [5.74, 6) is 3.72. The molecule has 0 unspecified atom stereocenters. The molecule has 0 saturated heterocycles. The number of rotatable bonds is 0. The predicted molar refractivity (Wildman–Crippen MR) is 155 cm³/mol. The second-order valence-electron chi connectivity index (χ2n) is 10.1. The van der Waals surface area contributed by atoms with Crippen LogP contribution in [0, 0.1) is 24.3 Å². The average Bonchev–Trinajstić information content (AvgIpc) is 3.72. The van der Waals surface area contributed by atoms with E-state index in [1.165, 1.54) is 0 Å². The molecule has 4 aliphatic heterocycles. The van der Waals surface area contributed by atoms with Gasteiger partial charge in [-0.3, -0.25) is 20.0 Å². The largest absolute Gasteiger partial charge is 0.341 e. The van der Waals surface area contributed by atoms with Crippen LogP contribution in [0.15, 0.2) is 103 Å². The van der Waals surface area contributed by atoms with Gasteiger partial charge in [-0.25, -0.2) is 4.99 Å². The Kier molecular flexibility index (Phi) is 9.64. The van der Waals surface area contributed by atoms with Crippen molar-refractivity contribution in [1.29, 1.82) is 0 Å². The summed E-state index contributed by atoms with van der Waals surface area (Å²) in [6, 6.07) is 37.0. The number of amidine groups is 4. The first-order valence-electron chi connectivity index (χ1n) is 13.2. The molecule has 0 saturated carbocycles. The van der Waals surface area contributed by atoms with Crippen LogP contribution in [0.1, 0.15) is 22.3 Å². The van der Waals surface area contributed by atoms with Crippen LogP contribution in [-0.4, -0.2) is 32.5 Å². The molecule has 10 rings (SSSR count). The van der Waals surface area contributed by atoms with Crippen LogP contribution >= 0.6 is 0 Å². The van der Waals surface area contributed by atoms with Crippen molar-refractivity contribution in [3.8, 4) is 0 Å². The minimum atomic E-state index is 0. The first kappa shape index (κ1) is 33.6. The summed E-state index contributed by atoms with van der Waals surface area (Å²) in [5, 5.41) is 3.54. The van der Waals surface area contributed by atoms with Crippen molar-refractivity contribution in [2.24, 2.45) is 30.0 Å². The topological polar surface area (TPSA) is 84.0 Å². The third kappa shape index (κ3) is 5.01. The van der Waals surface area contributed by atoms with Crippen molar-refractivity contribution in [1.82, 2.24) is 9.13 Å². The third-order valence-corrected chi connectivity index (χ3v) is 7.86. The van der Waals surface area contributed by atoms with E-state index in [0.717, 1.165) is 55.1 Å². The zero-order valence-corrected chi connectivity index (χ0v) is 34.9. The molecule has 12 heteroatoms. The van der Waals surface area contributed by atoms with Crippen LogP contribution in [-0.2, 0) is 138 Å². The SMILES string of the molecule is [Y].[Y].[Y].[Y].[c-]1cccc2c1C1=Nc3c4ccc[c-]c4c4n3Cn3c(c5[c-]cccc5c3=NC2=N1)=NC1=NC(=N4)c2ccc[c-]c21. The van der Waals surface area contributed by atoms with Gasteiger partial charge in [-0.1, -0.05) is 43.8 Å². The minimum Gasteiger partial charge on any atom is -0.341 e. The maximum Gasteiger partial charge on any atom is 0.110 e. The summed E-state index contributed by atoms with van der Waals surface area (Å²) in [4.78, 5) is 30.5. The molecule has 0 aliphatic carbocycles. The Balaban J connectivity index is 0.000000893. The summed E-state index contributed by atoms with van der Waals surface area (Å²) in [6.07, 6.45) is 0. The molecule has 202 valence electrons. The number of benzene rings is 4. The van der Waals surface area contributed by atoms with Crippen molar-refractivity contribution in [2.45, 2.75) is 6.67 Å². The van der Waals surface area contributed by atoms with E-state index in [0.29, 0.717) is 41.3 Å². The molecule has 4 aliphatic rings. The minimum absolute atomic E-state index is 0. The van der Waals surface area contributed by atoms with E-state index in [4.69, 9.17) is 30.0 Å². The molecule has 8 nitrogen and oxygen atoms in total. The van der Waals surface area contributed by atoms with Crippen LogP contribution < -0.4 is 11.0 Å². The Morgan fingerprint density at radius 2 is 1.00 bits per heavy atom. The van der Waals surface area contributed by atoms with Gasteiger partial charge in [-0.15, -0.1) is 97.1 Å². The van der Waals surface area contributed by atoms with Crippen molar-refractivity contribution >= 4 is 56.5 Å². The standard InChI is InChI=1S/C33H14N8.4Y/c1-2-10-19-18(9-1)26-34-27(19)37-31-24-15-7-8-16-25(24)33-39-29-21-12-4-3-11-20(21)28(35-29)38-32-23-14-6-5-13-22(23)30(36-26)40(32)17-41(31)33;;;;/h1-9,12-13,15H,17H2;;;;/q-4;;;;. The fourth-order valence-electron chi connectivity index (χ4n) is 6.04. The first-order chi connectivity index (χ1) is 20.3. The van der Waals surface area contributed by atoms with Gasteiger partial charge < -0.3 is 14.1 Å². The van der Waals surface area contributed by atoms with Gasteiger partial charge in [0, 0.05) is 131 Å². The molecule has 0 spiro atoms. The third-order valence-electron chi connectivity index (χ3n) is 7.86. The van der Waals surface area contributed by atoms with Gasteiger partial charge >= 0.3 is 0 Å². The molecule has 6 bridgehead atoms. The van der Waals surface area contributed by atoms with E-state index in [9.17, 15) is 0 Å². The van der Waals surface area contributed by atoms with E-state index in [-0.39, 0.29) is 131 Å². The van der Waals surface area contributed by atoms with E-state index in [2.05, 4.69) is 33.4 Å². The van der Waals surface area contributed by atoms with Gasteiger partial charge in [0.15, 0.2) is 0 Å². The smallest absolute Gasteiger partial charge is 0.110 e. The summed E-state index contributed by atoms with van der Waals surface area (Å²) in [6.45, 7) is 0.363. The maximum absolute atomic E-state index is 5.17. The second-order valence-corrected chi connectivity index (χ2v) is 10.1. The molecule has 45 heavy (non-hydrogen) atoms. The number of hydrogen-bond donors (Lipinski definition) is 0. The van der Waals surface area contributed by atoms with E-state index in [1.54, 1.807) is 0 Å². The van der Waals surface area contributed by atoms with E-state index in [1.807, 2.05) is 72.8 Å². The van der Waals surface area contributed by atoms with Crippen LogP contribution in [0.2, 0.25) is 0 Å². The first-order valence-corrected chi connectivity index (χ1v) is 13.2. The van der Waals surface area contributed by atoms with Crippen molar-refractivity contribution in [2.75, 3.05) is 0 Å².